The van der Waals surface area contributed by atoms with Gasteiger partial charge in [0, 0.05) is 5.56 Å². The first-order valence-electron chi connectivity index (χ1n) is 12.0. The van der Waals surface area contributed by atoms with E-state index < -0.39 is 6.15 Å². The number of quaternary nitrogens is 1. The molecule has 0 bridgehead atoms. The van der Waals surface area contributed by atoms with Gasteiger partial charge >= 0.3 is 0 Å². The Morgan fingerprint density at radius 3 is 1.00 bits per heavy atom. The lowest BCUT2D eigenvalue weighted by Gasteiger charge is -2.44. The molecular formula is C32H32BN. The zero-order valence-corrected chi connectivity index (χ0v) is 19.8. The molecule has 5 rings (SSSR count). The molecule has 0 aliphatic heterocycles. The molecule has 0 fully saturated rings. The van der Waals surface area contributed by atoms with Gasteiger partial charge in [-0.2, -0.15) is 21.9 Å². The summed E-state index contributed by atoms with van der Waals surface area (Å²) in [4.78, 5) is 0. The average Bonchev–Trinajstić information content (AvgIpc) is 2.92. The van der Waals surface area contributed by atoms with Crippen molar-refractivity contribution in [2.24, 2.45) is 0 Å². The van der Waals surface area contributed by atoms with Crippen LogP contribution in [0.25, 0.3) is 0 Å². The van der Waals surface area contributed by atoms with Crippen LogP contribution in [0.3, 0.4) is 0 Å². The van der Waals surface area contributed by atoms with Crippen molar-refractivity contribution in [2.45, 2.75) is 13.3 Å². The summed E-state index contributed by atoms with van der Waals surface area (Å²) in [6.07, 6.45) is -0.133. The van der Waals surface area contributed by atoms with Gasteiger partial charge < -0.3 is 5.73 Å². The fourth-order valence-electron chi connectivity index (χ4n) is 5.02. The third kappa shape index (κ3) is 4.88. The van der Waals surface area contributed by atoms with Gasteiger partial charge in [0.2, 0.25) is 0 Å². The van der Waals surface area contributed by atoms with E-state index in [0.717, 1.165) is 12.1 Å². The van der Waals surface area contributed by atoms with Crippen molar-refractivity contribution in [3.63, 3.8) is 0 Å². The smallest absolute Gasteiger partial charge is 0.131 e. The van der Waals surface area contributed by atoms with Gasteiger partial charge in [0.15, 0.2) is 0 Å². The molecular weight excluding hydrogens is 409 g/mol. The molecule has 3 N–H and O–H groups in total. The molecule has 5 aromatic carbocycles. The summed E-state index contributed by atoms with van der Waals surface area (Å²) in [7, 11) is 0. The fourth-order valence-corrected chi connectivity index (χ4v) is 5.02. The van der Waals surface area contributed by atoms with Crippen molar-refractivity contribution in [3.05, 3.63) is 151 Å². The number of hydrogen-bond acceptors (Lipinski definition) is 0. The quantitative estimate of drug-likeness (QED) is 0.397. The van der Waals surface area contributed by atoms with E-state index in [2.05, 4.69) is 140 Å². The lowest BCUT2D eigenvalue weighted by molar-refractivity contribution is -0.255. The van der Waals surface area contributed by atoms with E-state index in [1.165, 1.54) is 27.4 Å². The largest absolute Gasteiger partial charge is 0.325 e. The van der Waals surface area contributed by atoms with Crippen LogP contribution in [-0.2, 0) is 6.42 Å². The lowest BCUT2D eigenvalue weighted by Crippen LogP contribution is -2.74. The fraction of sp³-hybridized carbons (Fsp3) is 0.0625. The first kappa shape index (κ1) is 23.3. The van der Waals surface area contributed by atoms with Crippen LogP contribution in [-0.4, -0.2) is 6.15 Å². The molecule has 1 nitrogen and oxygen atoms in total. The molecule has 5 aromatic rings. The van der Waals surface area contributed by atoms with E-state index in [9.17, 15) is 0 Å². The highest BCUT2D eigenvalue weighted by Gasteiger charge is 2.30. The molecule has 0 amide bonds. The third-order valence-corrected chi connectivity index (χ3v) is 6.70. The van der Waals surface area contributed by atoms with Crippen LogP contribution in [0, 0.1) is 0 Å². The maximum Gasteiger partial charge on any atom is 0.131 e. The normalized spacial score (nSPS) is 10.8. The van der Waals surface area contributed by atoms with Gasteiger partial charge in [0.1, 0.15) is 11.8 Å². The van der Waals surface area contributed by atoms with Gasteiger partial charge in [-0.1, -0.05) is 146 Å². The van der Waals surface area contributed by atoms with E-state index in [4.69, 9.17) is 0 Å². The SMILES string of the molecule is CCc1ccccc1[NH3+].c1ccc([B-](c2ccccc2)(c2ccccc2)c2ccccc2)cc1. The Morgan fingerprint density at radius 1 is 0.441 bits per heavy atom. The summed E-state index contributed by atoms with van der Waals surface area (Å²) in [5, 5.41) is 0. The predicted molar refractivity (Wildman–Crippen MR) is 148 cm³/mol. The monoisotopic (exact) mass is 441 g/mol. The van der Waals surface area contributed by atoms with Crippen LogP contribution in [0.2, 0.25) is 0 Å². The molecule has 168 valence electrons. The van der Waals surface area contributed by atoms with Crippen molar-refractivity contribution >= 4 is 33.7 Å². The van der Waals surface area contributed by atoms with Crippen molar-refractivity contribution in [3.8, 4) is 0 Å². The van der Waals surface area contributed by atoms with Crippen LogP contribution >= 0.6 is 0 Å². The van der Waals surface area contributed by atoms with Crippen LogP contribution in [0.15, 0.2) is 146 Å². The van der Waals surface area contributed by atoms with Crippen LogP contribution in [0.5, 0.6) is 0 Å². The molecule has 0 atom stereocenters. The maximum atomic E-state index is 3.89. The molecule has 2 heteroatoms. The Morgan fingerprint density at radius 2 is 0.735 bits per heavy atom. The second kappa shape index (κ2) is 11.3. The minimum Gasteiger partial charge on any atom is -0.325 e. The predicted octanol–water partition coefficient (Wildman–Crippen LogP) is 4.19. The van der Waals surface area contributed by atoms with Crippen molar-refractivity contribution in [1.82, 2.24) is 0 Å². The Kier molecular flexibility index (Phi) is 7.75. The Hall–Kier alpha value is -3.88. The van der Waals surface area contributed by atoms with Crippen LogP contribution in [0.4, 0.5) is 5.69 Å². The van der Waals surface area contributed by atoms with E-state index in [-0.39, 0.29) is 0 Å². The topological polar surface area (TPSA) is 27.6 Å². The number of rotatable bonds is 5. The van der Waals surface area contributed by atoms with Gasteiger partial charge in [-0.3, -0.25) is 0 Å². The van der Waals surface area contributed by atoms with Crippen molar-refractivity contribution in [2.75, 3.05) is 0 Å². The second-order valence-corrected chi connectivity index (χ2v) is 8.63. The molecule has 0 unspecified atom stereocenters. The number of benzene rings is 5. The summed E-state index contributed by atoms with van der Waals surface area (Å²) in [5.41, 5.74) is 11.7. The van der Waals surface area contributed by atoms with Gasteiger partial charge in [-0.05, 0) is 12.5 Å². The van der Waals surface area contributed by atoms with Crippen molar-refractivity contribution < 1.29 is 5.73 Å². The number of hydrogen-bond donors (Lipinski definition) is 1. The molecule has 0 radical (unpaired) electrons. The summed E-state index contributed by atoms with van der Waals surface area (Å²) in [6, 6.07) is 51.7. The highest BCUT2D eigenvalue weighted by atomic mass is 14.5. The molecule has 0 heterocycles. The highest BCUT2D eigenvalue weighted by molar-refractivity contribution is 7.19. The summed E-state index contributed by atoms with van der Waals surface area (Å²) in [6.45, 7) is 2.14. The van der Waals surface area contributed by atoms with Crippen LogP contribution in [0.1, 0.15) is 12.5 Å². The lowest BCUT2D eigenvalue weighted by atomic mass is 9.13. The Balaban J connectivity index is 0.000000257. The summed E-state index contributed by atoms with van der Waals surface area (Å²) in [5.74, 6) is 0. The minimum absolute atomic E-state index is 1.08. The molecule has 0 aliphatic carbocycles. The van der Waals surface area contributed by atoms with E-state index in [1.807, 2.05) is 18.2 Å². The molecule has 0 aliphatic rings. The third-order valence-electron chi connectivity index (χ3n) is 6.70. The summed E-state index contributed by atoms with van der Waals surface area (Å²) >= 11 is 0. The summed E-state index contributed by atoms with van der Waals surface area (Å²) < 4.78 is 0. The van der Waals surface area contributed by atoms with Gasteiger partial charge in [-0.15, -0.1) is 0 Å². The van der Waals surface area contributed by atoms with Gasteiger partial charge in [0.05, 0.1) is 0 Å². The number of aryl methyl sites for hydroxylation is 1. The van der Waals surface area contributed by atoms with E-state index >= 15 is 0 Å². The molecule has 0 aromatic heterocycles. The highest BCUT2D eigenvalue weighted by Crippen LogP contribution is 2.09. The molecule has 0 saturated heterocycles. The Bertz CT molecular complexity index is 1110. The molecule has 34 heavy (non-hydrogen) atoms. The average molecular weight is 441 g/mol. The maximum absolute atomic E-state index is 3.89. The molecule has 0 saturated carbocycles. The first-order chi connectivity index (χ1) is 16.8. The van der Waals surface area contributed by atoms with E-state index in [1.54, 1.807) is 0 Å². The zero-order valence-electron chi connectivity index (χ0n) is 19.8. The molecule has 0 spiro atoms. The first-order valence-corrected chi connectivity index (χ1v) is 12.0. The zero-order chi connectivity index (χ0) is 23.6. The van der Waals surface area contributed by atoms with Crippen molar-refractivity contribution in [1.29, 1.82) is 0 Å². The van der Waals surface area contributed by atoms with Gasteiger partial charge in [0.25, 0.3) is 0 Å². The standard InChI is InChI=1S/C24H20B.C8H11N/c1-5-13-21(14-6-1)25(22-15-7-2-8-16-22,23-17-9-3-10-18-23)24-19-11-4-12-20-24;1-2-7-5-3-4-6-8(7)9/h1-20H;3-6H,2,9H2,1H3/q-1;/p+1. The minimum atomic E-state index is -1.22. The second-order valence-electron chi connectivity index (χ2n) is 8.63. The van der Waals surface area contributed by atoms with Crippen LogP contribution < -0.4 is 27.6 Å². The Labute approximate surface area is 203 Å². The van der Waals surface area contributed by atoms with E-state index in [0.29, 0.717) is 0 Å². The van der Waals surface area contributed by atoms with Gasteiger partial charge in [-0.25, -0.2) is 0 Å².